The van der Waals surface area contributed by atoms with Crippen molar-refractivity contribution in [3.05, 3.63) is 35.9 Å². The summed E-state index contributed by atoms with van der Waals surface area (Å²) in [4.78, 5) is 0. The Hall–Kier alpha value is -0.860. The minimum absolute atomic E-state index is 0.285. The fourth-order valence-electron chi connectivity index (χ4n) is 2.82. The number of hydrogen-bond acceptors (Lipinski definition) is 2. The fraction of sp³-hybridized carbons (Fsp3) is 0.625. The van der Waals surface area contributed by atoms with E-state index in [-0.39, 0.29) is 6.61 Å². The molecule has 0 aliphatic heterocycles. The van der Waals surface area contributed by atoms with Crippen molar-refractivity contribution < 1.29 is 5.11 Å². The summed E-state index contributed by atoms with van der Waals surface area (Å²) in [5, 5.41) is 12.8. The lowest BCUT2D eigenvalue weighted by Crippen LogP contribution is -2.42. The van der Waals surface area contributed by atoms with Crippen LogP contribution in [-0.2, 0) is 0 Å². The van der Waals surface area contributed by atoms with E-state index in [1.165, 1.54) is 24.8 Å². The van der Waals surface area contributed by atoms with Gasteiger partial charge in [0.2, 0.25) is 0 Å². The molecular formula is C16H25NO. The number of hydrogen-bond donors (Lipinski definition) is 2. The Morgan fingerprint density at radius 1 is 1.28 bits per heavy atom. The molecule has 1 aliphatic carbocycles. The molecule has 1 atom stereocenters. The lowest BCUT2D eigenvalue weighted by Gasteiger charge is -2.38. The van der Waals surface area contributed by atoms with Crippen LogP contribution in [0.1, 0.15) is 50.6 Å². The van der Waals surface area contributed by atoms with Gasteiger partial charge in [-0.15, -0.1) is 0 Å². The highest BCUT2D eigenvalue weighted by Crippen LogP contribution is 2.32. The molecule has 1 aromatic carbocycles. The molecule has 0 bridgehead atoms. The van der Waals surface area contributed by atoms with E-state index in [9.17, 15) is 0 Å². The molecule has 1 aliphatic rings. The van der Waals surface area contributed by atoms with Gasteiger partial charge in [0, 0.05) is 18.7 Å². The summed E-state index contributed by atoms with van der Waals surface area (Å²) < 4.78 is 0. The molecule has 0 amide bonds. The van der Waals surface area contributed by atoms with Crippen molar-refractivity contribution in [2.45, 2.75) is 51.1 Å². The van der Waals surface area contributed by atoms with Crippen molar-refractivity contribution in [2.75, 3.05) is 6.61 Å². The van der Waals surface area contributed by atoms with Crippen LogP contribution < -0.4 is 5.32 Å². The molecular weight excluding hydrogens is 222 g/mol. The summed E-state index contributed by atoms with van der Waals surface area (Å²) in [6.07, 6.45) is 5.84. The van der Waals surface area contributed by atoms with Gasteiger partial charge in [-0.05, 0) is 37.2 Å². The highest BCUT2D eigenvalue weighted by molar-refractivity contribution is 5.19. The molecule has 0 spiro atoms. The van der Waals surface area contributed by atoms with Gasteiger partial charge >= 0.3 is 0 Å². The van der Waals surface area contributed by atoms with E-state index >= 15 is 0 Å². The first-order valence-electron chi connectivity index (χ1n) is 7.25. The summed E-state index contributed by atoms with van der Waals surface area (Å²) in [6.45, 7) is 2.56. The average molecular weight is 247 g/mol. The monoisotopic (exact) mass is 247 g/mol. The standard InChI is InChI=1S/C16H25NO/c1-2-13-11-15(12-13)17-16(9-6-10-18)14-7-4-3-5-8-14/h3-5,7-8,13,15-18H,2,6,9-12H2,1H3. The summed E-state index contributed by atoms with van der Waals surface area (Å²) >= 11 is 0. The van der Waals surface area contributed by atoms with Gasteiger partial charge in [0.1, 0.15) is 0 Å². The number of nitrogens with one attached hydrogen (secondary N) is 1. The van der Waals surface area contributed by atoms with E-state index in [1.54, 1.807) is 0 Å². The Bertz CT molecular complexity index is 332. The van der Waals surface area contributed by atoms with Crippen LogP contribution in [0.4, 0.5) is 0 Å². The van der Waals surface area contributed by atoms with Crippen molar-refractivity contribution in [1.29, 1.82) is 0 Å². The van der Waals surface area contributed by atoms with Crippen LogP contribution in [0.2, 0.25) is 0 Å². The molecule has 1 saturated carbocycles. The highest BCUT2D eigenvalue weighted by Gasteiger charge is 2.29. The van der Waals surface area contributed by atoms with Crippen LogP contribution in [0.15, 0.2) is 30.3 Å². The molecule has 18 heavy (non-hydrogen) atoms. The predicted octanol–water partition coefficient (Wildman–Crippen LogP) is 3.28. The molecule has 0 heterocycles. The van der Waals surface area contributed by atoms with Gasteiger partial charge in [-0.1, -0.05) is 43.7 Å². The third-order valence-corrected chi connectivity index (χ3v) is 4.10. The Morgan fingerprint density at radius 3 is 2.61 bits per heavy atom. The quantitative estimate of drug-likeness (QED) is 0.775. The average Bonchev–Trinajstić information content (AvgIpc) is 2.37. The van der Waals surface area contributed by atoms with Crippen LogP contribution in [0.5, 0.6) is 0 Å². The van der Waals surface area contributed by atoms with Crippen LogP contribution in [0.3, 0.4) is 0 Å². The van der Waals surface area contributed by atoms with Crippen LogP contribution in [0.25, 0.3) is 0 Å². The Kier molecular flexibility index (Phi) is 5.21. The minimum Gasteiger partial charge on any atom is -0.396 e. The SMILES string of the molecule is CCC1CC(NC(CCCO)c2ccccc2)C1. The van der Waals surface area contributed by atoms with E-state index < -0.39 is 0 Å². The van der Waals surface area contributed by atoms with Gasteiger partial charge in [0.05, 0.1) is 0 Å². The first-order chi connectivity index (χ1) is 8.83. The maximum absolute atomic E-state index is 9.02. The molecule has 1 unspecified atom stereocenters. The van der Waals surface area contributed by atoms with Gasteiger partial charge in [0.15, 0.2) is 0 Å². The number of aliphatic hydroxyl groups is 1. The molecule has 2 heteroatoms. The molecule has 2 N–H and O–H groups in total. The molecule has 0 radical (unpaired) electrons. The predicted molar refractivity (Wildman–Crippen MR) is 75.4 cm³/mol. The van der Waals surface area contributed by atoms with Gasteiger partial charge in [-0.3, -0.25) is 0 Å². The summed E-state index contributed by atoms with van der Waals surface area (Å²) in [7, 11) is 0. The number of aliphatic hydroxyl groups excluding tert-OH is 1. The van der Waals surface area contributed by atoms with E-state index in [0.717, 1.165) is 18.8 Å². The zero-order valence-electron chi connectivity index (χ0n) is 11.3. The zero-order chi connectivity index (χ0) is 12.8. The van der Waals surface area contributed by atoms with Crippen LogP contribution >= 0.6 is 0 Å². The number of benzene rings is 1. The largest absolute Gasteiger partial charge is 0.396 e. The van der Waals surface area contributed by atoms with Crippen molar-refractivity contribution in [3.63, 3.8) is 0 Å². The van der Waals surface area contributed by atoms with E-state index in [0.29, 0.717) is 12.1 Å². The van der Waals surface area contributed by atoms with Gasteiger partial charge < -0.3 is 10.4 Å². The maximum atomic E-state index is 9.02. The molecule has 2 rings (SSSR count). The van der Waals surface area contributed by atoms with Crippen molar-refractivity contribution in [2.24, 2.45) is 5.92 Å². The Labute approximate surface area is 110 Å². The summed E-state index contributed by atoms with van der Waals surface area (Å²) in [5.74, 6) is 0.928. The first kappa shape index (κ1) is 13.6. The van der Waals surface area contributed by atoms with E-state index in [4.69, 9.17) is 5.11 Å². The fourth-order valence-corrected chi connectivity index (χ4v) is 2.82. The lowest BCUT2D eigenvalue weighted by atomic mass is 9.78. The molecule has 2 nitrogen and oxygen atoms in total. The molecule has 1 aromatic rings. The first-order valence-corrected chi connectivity index (χ1v) is 7.25. The lowest BCUT2D eigenvalue weighted by molar-refractivity contribution is 0.192. The smallest absolute Gasteiger partial charge is 0.0431 e. The van der Waals surface area contributed by atoms with Crippen molar-refractivity contribution in [3.8, 4) is 0 Å². The van der Waals surface area contributed by atoms with Crippen LogP contribution in [-0.4, -0.2) is 17.8 Å². The van der Waals surface area contributed by atoms with Crippen molar-refractivity contribution in [1.82, 2.24) is 5.32 Å². The second-order valence-electron chi connectivity index (χ2n) is 5.44. The second-order valence-corrected chi connectivity index (χ2v) is 5.44. The molecule has 1 fully saturated rings. The second kappa shape index (κ2) is 6.91. The summed E-state index contributed by atoms with van der Waals surface area (Å²) in [5.41, 5.74) is 1.35. The summed E-state index contributed by atoms with van der Waals surface area (Å²) in [6, 6.07) is 11.7. The van der Waals surface area contributed by atoms with Gasteiger partial charge in [-0.25, -0.2) is 0 Å². The Morgan fingerprint density at radius 2 is 2.00 bits per heavy atom. The zero-order valence-corrected chi connectivity index (χ0v) is 11.3. The van der Waals surface area contributed by atoms with E-state index in [1.807, 2.05) is 0 Å². The van der Waals surface area contributed by atoms with Gasteiger partial charge in [0.25, 0.3) is 0 Å². The maximum Gasteiger partial charge on any atom is 0.0431 e. The van der Waals surface area contributed by atoms with E-state index in [2.05, 4.69) is 42.6 Å². The Balaban J connectivity index is 1.89. The van der Waals surface area contributed by atoms with Gasteiger partial charge in [-0.2, -0.15) is 0 Å². The third kappa shape index (κ3) is 3.56. The molecule has 0 aromatic heterocycles. The van der Waals surface area contributed by atoms with Crippen LogP contribution in [0, 0.1) is 5.92 Å². The van der Waals surface area contributed by atoms with Crippen molar-refractivity contribution >= 4 is 0 Å². The number of rotatable bonds is 7. The normalized spacial score (nSPS) is 24.6. The topological polar surface area (TPSA) is 32.3 Å². The minimum atomic E-state index is 0.285. The molecule has 100 valence electrons. The molecule has 0 saturated heterocycles. The highest BCUT2D eigenvalue weighted by atomic mass is 16.2. The third-order valence-electron chi connectivity index (χ3n) is 4.10.